The van der Waals surface area contributed by atoms with Crippen molar-refractivity contribution in [2.45, 2.75) is 38.3 Å². The minimum Gasteiger partial charge on any atom is -0.378 e. The number of carbonyl (C=O) groups excluding carboxylic acids is 1. The van der Waals surface area contributed by atoms with E-state index < -0.39 is 0 Å². The zero-order valence-corrected chi connectivity index (χ0v) is 16.3. The van der Waals surface area contributed by atoms with Crippen LogP contribution in [0.2, 0.25) is 0 Å². The normalized spacial score (nSPS) is 27.4. The van der Waals surface area contributed by atoms with Crippen molar-refractivity contribution in [1.29, 1.82) is 0 Å². The molecule has 2 aromatic rings. The van der Waals surface area contributed by atoms with Gasteiger partial charge in [0, 0.05) is 36.1 Å². The van der Waals surface area contributed by atoms with Crippen LogP contribution in [0.15, 0.2) is 24.3 Å². The zero-order chi connectivity index (χ0) is 17.8. The summed E-state index contributed by atoms with van der Waals surface area (Å²) in [6.45, 7) is 6.88. The van der Waals surface area contributed by atoms with Gasteiger partial charge >= 0.3 is 0 Å². The molecule has 0 radical (unpaired) electrons. The van der Waals surface area contributed by atoms with Crippen molar-refractivity contribution < 1.29 is 4.79 Å². The maximum absolute atomic E-state index is 12.9. The Morgan fingerprint density at radius 1 is 1.24 bits per heavy atom. The molecule has 1 N–H and O–H groups in total. The Morgan fingerprint density at radius 2 is 1.96 bits per heavy atom. The molecular weight excluding hydrogens is 330 g/mol. The van der Waals surface area contributed by atoms with Crippen molar-refractivity contribution >= 4 is 33.0 Å². The van der Waals surface area contributed by atoms with Crippen LogP contribution in [0, 0.1) is 5.92 Å². The number of anilines is 1. The van der Waals surface area contributed by atoms with E-state index in [-0.39, 0.29) is 17.5 Å². The first-order valence-corrected chi connectivity index (χ1v) is 9.95. The van der Waals surface area contributed by atoms with E-state index in [1.165, 1.54) is 36.3 Å². The second-order valence-electron chi connectivity index (χ2n) is 8.16. The quantitative estimate of drug-likeness (QED) is 0.912. The van der Waals surface area contributed by atoms with Gasteiger partial charge in [-0.15, -0.1) is 11.3 Å². The fraction of sp³-hybridized carbons (Fsp3) is 0.550. The highest BCUT2D eigenvalue weighted by atomic mass is 32.1. The average molecular weight is 358 g/mol. The Morgan fingerprint density at radius 3 is 2.60 bits per heavy atom. The molecule has 1 aromatic carbocycles. The lowest BCUT2D eigenvalue weighted by Crippen LogP contribution is -2.69. The molecule has 2 bridgehead atoms. The van der Waals surface area contributed by atoms with Crippen molar-refractivity contribution in [3.63, 3.8) is 0 Å². The van der Waals surface area contributed by atoms with E-state index in [9.17, 15) is 4.79 Å². The van der Waals surface area contributed by atoms with Crippen LogP contribution in [0.5, 0.6) is 0 Å². The van der Waals surface area contributed by atoms with Gasteiger partial charge in [-0.25, -0.2) is 0 Å². The Balaban J connectivity index is 1.58. The first-order chi connectivity index (χ1) is 11.9. The highest BCUT2D eigenvalue weighted by Crippen LogP contribution is 2.39. The van der Waals surface area contributed by atoms with E-state index in [4.69, 9.17) is 0 Å². The molecule has 0 spiro atoms. The molecule has 4 heterocycles. The van der Waals surface area contributed by atoms with Crippen LogP contribution in [0.1, 0.15) is 36.4 Å². The molecule has 5 heteroatoms. The number of benzene rings is 1. The summed E-state index contributed by atoms with van der Waals surface area (Å²) in [6.07, 6.45) is 2.40. The van der Waals surface area contributed by atoms with Gasteiger partial charge in [-0.1, -0.05) is 6.07 Å². The smallest absolute Gasteiger partial charge is 0.261 e. The van der Waals surface area contributed by atoms with E-state index in [0.29, 0.717) is 5.92 Å². The molecule has 1 atom stereocenters. The van der Waals surface area contributed by atoms with Crippen molar-refractivity contribution in [3.05, 3.63) is 29.1 Å². The molecule has 0 unspecified atom stereocenters. The molecule has 3 aliphatic rings. The third-order valence-electron chi connectivity index (χ3n) is 6.12. The van der Waals surface area contributed by atoms with Crippen molar-refractivity contribution in [2.75, 3.05) is 32.1 Å². The maximum Gasteiger partial charge on any atom is 0.261 e. The lowest BCUT2D eigenvalue weighted by atomic mass is 9.72. The Bertz CT molecular complexity index is 802. The third-order valence-corrected chi connectivity index (χ3v) is 7.21. The molecule has 5 rings (SSSR count). The van der Waals surface area contributed by atoms with Gasteiger partial charge in [0.1, 0.15) is 0 Å². The van der Waals surface area contributed by atoms with Crippen molar-refractivity contribution in [1.82, 2.24) is 10.2 Å². The van der Waals surface area contributed by atoms with Gasteiger partial charge in [-0.3, -0.25) is 9.69 Å². The average Bonchev–Trinajstić information content (AvgIpc) is 3.01. The van der Waals surface area contributed by atoms with E-state index in [1.807, 2.05) is 20.2 Å². The predicted octanol–water partition coefficient (Wildman–Crippen LogP) is 3.57. The monoisotopic (exact) mass is 357 g/mol. The second-order valence-corrected chi connectivity index (χ2v) is 9.24. The molecule has 1 amide bonds. The minimum absolute atomic E-state index is 0.0472. The SMILES string of the molecule is CN(C)c1ccc2cc(C(=O)N[C@@H]3C4CCN(CC4)C3(C)C)sc2c1. The lowest BCUT2D eigenvalue weighted by molar-refractivity contribution is -0.0377. The summed E-state index contributed by atoms with van der Waals surface area (Å²) in [5.74, 6) is 0.693. The molecule has 0 aliphatic carbocycles. The summed E-state index contributed by atoms with van der Waals surface area (Å²) in [7, 11) is 4.08. The lowest BCUT2D eigenvalue weighted by Gasteiger charge is -2.56. The summed E-state index contributed by atoms with van der Waals surface area (Å²) in [6, 6.07) is 8.65. The third kappa shape index (κ3) is 2.83. The molecule has 0 saturated carbocycles. The van der Waals surface area contributed by atoms with Crippen LogP contribution in [0.25, 0.3) is 10.1 Å². The van der Waals surface area contributed by atoms with Crippen LogP contribution in [0.3, 0.4) is 0 Å². The van der Waals surface area contributed by atoms with Crippen LogP contribution >= 0.6 is 11.3 Å². The first-order valence-electron chi connectivity index (χ1n) is 9.13. The van der Waals surface area contributed by atoms with E-state index in [2.05, 4.69) is 47.2 Å². The van der Waals surface area contributed by atoms with Gasteiger partial charge in [0.15, 0.2) is 0 Å². The Kier molecular flexibility index (Phi) is 4.04. The van der Waals surface area contributed by atoms with Gasteiger partial charge in [0.05, 0.1) is 4.88 Å². The van der Waals surface area contributed by atoms with Crippen LogP contribution < -0.4 is 10.2 Å². The molecule has 134 valence electrons. The first kappa shape index (κ1) is 16.9. The van der Waals surface area contributed by atoms with Gasteiger partial charge in [-0.05, 0) is 69.3 Å². The number of nitrogens with one attached hydrogen (secondary N) is 1. The van der Waals surface area contributed by atoms with E-state index >= 15 is 0 Å². The molecule has 1 aromatic heterocycles. The zero-order valence-electron chi connectivity index (χ0n) is 15.5. The molecule has 4 nitrogen and oxygen atoms in total. The highest BCUT2D eigenvalue weighted by molar-refractivity contribution is 7.20. The number of piperidine rings is 3. The second kappa shape index (κ2) is 5.99. The summed E-state index contributed by atoms with van der Waals surface area (Å²) >= 11 is 1.59. The summed E-state index contributed by atoms with van der Waals surface area (Å²) in [5.41, 5.74) is 1.21. The van der Waals surface area contributed by atoms with Gasteiger partial charge in [0.25, 0.3) is 5.91 Å². The van der Waals surface area contributed by atoms with Crippen molar-refractivity contribution in [2.24, 2.45) is 5.92 Å². The molecule has 3 fully saturated rings. The molecule has 25 heavy (non-hydrogen) atoms. The minimum atomic E-state index is 0.0472. The Hall–Kier alpha value is -1.59. The van der Waals surface area contributed by atoms with Crippen LogP contribution in [-0.4, -0.2) is 49.6 Å². The number of carbonyl (C=O) groups is 1. The predicted molar refractivity (Wildman–Crippen MR) is 106 cm³/mol. The van der Waals surface area contributed by atoms with Crippen molar-refractivity contribution in [3.8, 4) is 0 Å². The van der Waals surface area contributed by atoms with Crippen LogP contribution in [0.4, 0.5) is 5.69 Å². The number of rotatable bonds is 3. The van der Waals surface area contributed by atoms with Gasteiger partial charge in [-0.2, -0.15) is 0 Å². The summed E-state index contributed by atoms with van der Waals surface area (Å²) in [5, 5.41) is 4.52. The van der Waals surface area contributed by atoms with Gasteiger partial charge < -0.3 is 10.2 Å². The fourth-order valence-corrected chi connectivity index (χ4v) is 5.50. The Labute approximate surface area is 153 Å². The summed E-state index contributed by atoms with van der Waals surface area (Å²) in [4.78, 5) is 18.4. The highest BCUT2D eigenvalue weighted by Gasteiger charge is 2.48. The summed E-state index contributed by atoms with van der Waals surface area (Å²) < 4.78 is 1.17. The number of hydrogen-bond acceptors (Lipinski definition) is 4. The molecule has 3 saturated heterocycles. The molecular formula is C20H27N3OS. The number of nitrogens with zero attached hydrogens (tertiary/aromatic N) is 2. The van der Waals surface area contributed by atoms with E-state index in [1.54, 1.807) is 11.3 Å². The van der Waals surface area contributed by atoms with Crippen LogP contribution in [-0.2, 0) is 0 Å². The fourth-order valence-electron chi connectivity index (χ4n) is 4.50. The molecule has 3 aliphatic heterocycles. The standard InChI is InChI=1S/C20H27N3OS/c1-20(2)18(13-7-9-23(20)10-8-13)21-19(24)17-11-14-5-6-15(22(3)4)12-16(14)25-17/h5-6,11-13,18H,7-10H2,1-4H3,(H,21,24)/t18-/m1/s1. The largest absolute Gasteiger partial charge is 0.378 e. The number of fused-ring (bicyclic) bond motifs is 4. The van der Waals surface area contributed by atoms with Gasteiger partial charge in [0.2, 0.25) is 0 Å². The topological polar surface area (TPSA) is 35.6 Å². The number of hydrogen-bond donors (Lipinski definition) is 1. The number of amides is 1. The maximum atomic E-state index is 12.9. The van der Waals surface area contributed by atoms with E-state index in [0.717, 1.165) is 10.3 Å². The number of thiophene rings is 1.